The van der Waals surface area contributed by atoms with Crippen LogP contribution < -0.4 is 5.76 Å². The summed E-state index contributed by atoms with van der Waals surface area (Å²) in [6.07, 6.45) is 6.19. The van der Waals surface area contributed by atoms with Crippen LogP contribution in [0.25, 0.3) is 28.3 Å². The lowest BCUT2D eigenvalue weighted by Gasteiger charge is -2.31. The van der Waals surface area contributed by atoms with E-state index >= 15 is 0 Å². The molecule has 0 unspecified atom stereocenters. The summed E-state index contributed by atoms with van der Waals surface area (Å²) < 4.78 is 5.36. The predicted octanol–water partition coefficient (Wildman–Crippen LogP) is 5.98. The first kappa shape index (κ1) is 20.8. The van der Waals surface area contributed by atoms with Crippen molar-refractivity contribution in [2.24, 2.45) is 5.92 Å². The van der Waals surface area contributed by atoms with Gasteiger partial charge in [0.2, 0.25) is 0 Å². The molecule has 0 atom stereocenters. The molecule has 4 aromatic rings. The number of hydrogen-bond acceptors (Lipinski definition) is 3. The maximum absolute atomic E-state index is 11.7. The number of aromatic amines is 1. The molecule has 2 N–H and O–H groups in total. The Bertz CT molecular complexity index is 1420. The monoisotopic (exact) mass is 437 g/mol. The summed E-state index contributed by atoms with van der Waals surface area (Å²) in [5, 5.41) is 8.92. The Morgan fingerprint density at radius 3 is 2.33 bits per heavy atom. The fourth-order valence-corrected chi connectivity index (χ4v) is 4.41. The quantitative estimate of drug-likeness (QED) is 0.287. The van der Waals surface area contributed by atoms with Crippen LogP contribution in [-0.4, -0.2) is 16.1 Å². The molecule has 1 aliphatic carbocycles. The number of carboxylic acid groups (broad SMARTS) is 1. The van der Waals surface area contributed by atoms with Gasteiger partial charge in [-0.05, 0) is 70.4 Å². The summed E-state index contributed by atoms with van der Waals surface area (Å²) in [5.41, 5.74) is 7.59. The van der Waals surface area contributed by atoms with Gasteiger partial charge in [-0.3, -0.25) is 4.98 Å². The highest BCUT2D eigenvalue weighted by atomic mass is 16.4. The van der Waals surface area contributed by atoms with Gasteiger partial charge in [-0.15, -0.1) is 0 Å². The molecule has 5 nitrogen and oxygen atoms in total. The number of hydrogen-bond donors (Lipinski definition) is 2. The van der Waals surface area contributed by atoms with Gasteiger partial charge in [0.1, 0.15) is 0 Å². The van der Waals surface area contributed by atoms with E-state index in [1.807, 2.05) is 48.5 Å². The first-order chi connectivity index (χ1) is 16.1. The largest absolute Gasteiger partial charge is 0.478 e. The van der Waals surface area contributed by atoms with Crippen molar-refractivity contribution in [1.29, 1.82) is 0 Å². The fourth-order valence-electron chi connectivity index (χ4n) is 4.41. The van der Waals surface area contributed by atoms with Crippen LogP contribution in [0.5, 0.6) is 0 Å². The van der Waals surface area contributed by atoms with Crippen LogP contribution in [0, 0.1) is 5.92 Å². The number of allylic oxidation sites excluding steroid dienone is 1. The number of aromatic nitrogens is 1. The Morgan fingerprint density at radius 1 is 0.939 bits per heavy atom. The highest BCUT2D eigenvalue weighted by Crippen LogP contribution is 2.45. The topological polar surface area (TPSA) is 83.3 Å². The zero-order chi connectivity index (χ0) is 22.8. The van der Waals surface area contributed by atoms with Gasteiger partial charge in [-0.25, -0.2) is 9.59 Å². The first-order valence-electron chi connectivity index (χ1n) is 11.0. The SMILES string of the molecule is O=C(O)/C=C/c1ccc(/C(=C(\c2ccccc2)C2CCC2)c2ccc3[nH]c(=O)oc3c2)cc1. The molecule has 5 heteroatoms. The minimum absolute atomic E-state index is 0.447. The average molecular weight is 437 g/mol. The average Bonchev–Trinajstić information content (AvgIpc) is 3.17. The third kappa shape index (κ3) is 4.30. The second-order valence-electron chi connectivity index (χ2n) is 8.30. The molecular formula is C28H23NO4. The van der Waals surface area contributed by atoms with Gasteiger partial charge < -0.3 is 9.52 Å². The summed E-state index contributed by atoms with van der Waals surface area (Å²) in [5.74, 6) is -0.996. The summed E-state index contributed by atoms with van der Waals surface area (Å²) >= 11 is 0. The minimum Gasteiger partial charge on any atom is -0.478 e. The van der Waals surface area contributed by atoms with Crippen LogP contribution in [0.2, 0.25) is 0 Å². The molecule has 1 aliphatic rings. The molecule has 164 valence electrons. The Kier molecular flexibility index (Phi) is 5.53. The normalized spacial score (nSPS) is 14.9. The van der Waals surface area contributed by atoms with Crippen molar-refractivity contribution in [3.63, 3.8) is 0 Å². The number of fused-ring (bicyclic) bond motifs is 1. The lowest BCUT2D eigenvalue weighted by Crippen LogP contribution is -2.15. The maximum Gasteiger partial charge on any atom is 0.417 e. The molecule has 1 heterocycles. The van der Waals surface area contributed by atoms with Crippen molar-refractivity contribution < 1.29 is 14.3 Å². The zero-order valence-electron chi connectivity index (χ0n) is 18.0. The van der Waals surface area contributed by atoms with E-state index in [0.717, 1.165) is 41.2 Å². The third-order valence-corrected chi connectivity index (χ3v) is 6.19. The van der Waals surface area contributed by atoms with Crippen LogP contribution in [0.1, 0.15) is 41.5 Å². The van der Waals surface area contributed by atoms with Gasteiger partial charge in [0.15, 0.2) is 5.58 Å². The molecule has 5 rings (SSSR count). The summed E-state index contributed by atoms with van der Waals surface area (Å²) in [4.78, 5) is 25.3. The van der Waals surface area contributed by atoms with Gasteiger partial charge in [0.25, 0.3) is 0 Å². The lowest BCUT2D eigenvalue weighted by atomic mass is 9.73. The van der Waals surface area contributed by atoms with E-state index < -0.39 is 11.7 Å². The zero-order valence-corrected chi connectivity index (χ0v) is 18.0. The molecule has 0 spiro atoms. The Labute approximate surface area is 190 Å². The van der Waals surface area contributed by atoms with Crippen molar-refractivity contribution in [1.82, 2.24) is 4.98 Å². The standard InChI is InChI=1S/C28H23NO4/c30-25(31)16-11-18-9-12-21(13-10-18)27(22-14-15-23-24(17-22)33-28(32)29-23)26(20-7-4-8-20)19-5-2-1-3-6-19/h1-3,5-6,9-17,20H,4,7-8H2,(H,29,32)(H,30,31)/b16-11+,27-26-. The maximum atomic E-state index is 11.7. The van der Waals surface area contributed by atoms with E-state index in [1.165, 1.54) is 17.6 Å². The van der Waals surface area contributed by atoms with Gasteiger partial charge >= 0.3 is 11.7 Å². The van der Waals surface area contributed by atoms with Crippen molar-refractivity contribution >= 4 is 34.3 Å². The minimum atomic E-state index is -0.975. The van der Waals surface area contributed by atoms with Gasteiger partial charge in [-0.1, -0.05) is 67.1 Å². The molecule has 3 aromatic carbocycles. The van der Waals surface area contributed by atoms with E-state index in [0.29, 0.717) is 17.0 Å². The molecular weight excluding hydrogens is 414 g/mol. The predicted molar refractivity (Wildman–Crippen MR) is 130 cm³/mol. The van der Waals surface area contributed by atoms with Gasteiger partial charge in [0, 0.05) is 6.08 Å². The van der Waals surface area contributed by atoms with Gasteiger partial charge in [-0.2, -0.15) is 0 Å². The smallest absolute Gasteiger partial charge is 0.417 e. The molecule has 0 aliphatic heterocycles. The van der Waals surface area contributed by atoms with Crippen LogP contribution in [0.15, 0.2) is 88.1 Å². The molecule has 1 fully saturated rings. The second kappa shape index (κ2) is 8.79. The molecule has 0 amide bonds. The van der Waals surface area contributed by atoms with E-state index in [-0.39, 0.29) is 0 Å². The fraction of sp³-hybridized carbons (Fsp3) is 0.143. The number of oxazole rings is 1. The Morgan fingerprint density at radius 2 is 1.67 bits per heavy atom. The molecule has 1 saturated carbocycles. The number of nitrogens with one attached hydrogen (secondary N) is 1. The Hall–Kier alpha value is -4.12. The highest BCUT2D eigenvalue weighted by molar-refractivity contribution is 6.01. The third-order valence-electron chi connectivity index (χ3n) is 6.19. The lowest BCUT2D eigenvalue weighted by molar-refractivity contribution is -0.131. The molecule has 0 bridgehead atoms. The molecule has 33 heavy (non-hydrogen) atoms. The number of benzene rings is 3. The van der Waals surface area contributed by atoms with Crippen LogP contribution in [0.3, 0.4) is 0 Å². The van der Waals surface area contributed by atoms with E-state index in [1.54, 1.807) is 6.08 Å². The summed E-state index contributed by atoms with van der Waals surface area (Å²) in [7, 11) is 0. The number of H-pyrrole nitrogens is 1. The van der Waals surface area contributed by atoms with Gasteiger partial charge in [0.05, 0.1) is 5.52 Å². The molecule has 0 saturated heterocycles. The van der Waals surface area contributed by atoms with Crippen LogP contribution in [-0.2, 0) is 4.79 Å². The summed E-state index contributed by atoms with van der Waals surface area (Å²) in [6.45, 7) is 0. The van der Waals surface area contributed by atoms with Crippen molar-refractivity contribution in [2.45, 2.75) is 19.3 Å². The van der Waals surface area contributed by atoms with E-state index in [9.17, 15) is 9.59 Å². The summed E-state index contributed by atoms with van der Waals surface area (Å²) in [6, 6.07) is 24.1. The van der Waals surface area contributed by atoms with Crippen LogP contribution in [0.4, 0.5) is 0 Å². The molecule has 1 aromatic heterocycles. The second-order valence-corrected chi connectivity index (χ2v) is 8.30. The number of rotatable bonds is 6. The Balaban J connectivity index is 1.72. The molecule has 0 radical (unpaired) electrons. The van der Waals surface area contributed by atoms with Crippen LogP contribution >= 0.6 is 0 Å². The van der Waals surface area contributed by atoms with E-state index in [4.69, 9.17) is 9.52 Å². The number of carboxylic acids is 1. The highest BCUT2D eigenvalue weighted by Gasteiger charge is 2.27. The van der Waals surface area contributed by atoms with Crippen molar-refractivity contribution in [3.8, 4) is 0 Å². The number of aliphatic carboxylic acids is 1. The number of carbonyl (C=O) groups is 1. The first-order valence-corrected chi connectivity index (χ1v) is 11.0. The van der Waals surface area contributed by atoms with Crippen molar-refractivity contribution in [3.05, 3.63) is 112 Å². The van der Waals surface area contributed by atoms with E-state index in [2.05, 4.69) is 29.2 Å². The van der Waals surface area contributed by atoms with Crippen molar-refractivity contribution in [2.75, 3.05) is 0 Å².